The summed E-state index contributed by atoms with van der Waals surface area (Å²) >= 11 is 3.65. The summed E-state index contributed by atoms with van der Waals surface area (Å²) in [5, 5.41) is 8.04. The largest absolute Gasteiger partial charge is 0.308 e. The first-order valence-electron chi connectivity index (χ1n) is 7.34. The van der Waals surface area contributed by atoms with Gasteiger partial charge < -0.3 is 15.1 Å². The second kappa shape index (κ2) is 7.02. The second-order valence-electron chi connectivity index (χ2n) is 5.70. The van der Waals surface area contributed by atoms with Gasteiger partial charge in [0.15, 0.2) is 0 Å². The van der Waals surface area contributed by atoms with Gasteiger partial charge in [-0.2, -0.15) is 5.10 Å². The quantitative estimate of drug-likeness (QED) is 0.898. The van der Waals surface area contributed by atoms with Crippen LogP contribution in [0.5, 0.6) is 0 Å². The third-order valence-corrected chi connectivity index (χ3v) is 4.77. The predicted octanol–water partition coefficient (Wildman–Crippen LogP) is 1.47. The van der Waals surface area contributed by atoms with Crippen LogP contribution in [0.2, 0.25) is 0 Å². The van der Waals surface area contributed by atoms with Gasteiger partial charge in [0.2, 0.25) is 0 Å². The van der Waals surface area contributed by atoms with Crippen LogP contribution in [0.25, 0.3) is 0 Å². The standard InChI is InChI=1S/C14H26BrN5/c1-5-16-13(14-11(15)9-17-20(14)4)12-10-18(2)7-6-8-19(12)3/h9,12-13,16H,5-8,10H2,1-4H3. The van der Waals surface area contributed by atoms with Crippen molar-refractivity contribution in [3.8, 4) is 0 Å². The van der Waals surface area contributed by atoms with Gasteiger partial charge in [-0.3, -0.25) is 4.68 Å². The van der Waals surface area contributed by atoms with E-state index < -0.39 is 0 Å². The zero-order chi connectivity index (χ0) is 14.7. The molecule has 2 rings (SSSR count). The Kier molecular flexibility index (Phi) is 5.60. The monoisotopic (exact) mass is 343 g/mol. The first-order valence-corrected chi connectivity index (χ1v) is 8.13. The Labute approximate surface area is 130 Å². The Bertz CT molecular complexity index is 414. The summed E-state index contributed by atoms with van der Waals surface area (Å²) in [5.74, 6) is 0. The molecule has 1 aliphatic rings. The van der Waals surface area contributed by atoms with Crippen molar-refractivity contribution in [3.05, 3.63) is 16.4 Å². The van der Waals surface area contributed by atoms with E-state index in [1.54, 1.807) is 0 Å². The minimum absolute atomic E-state index is 0.285. The zero-order valence-electron chi connectivity index (χ0n) is 12.9. The normalized spacial score (nSPS) is 23.8. The lowest BCUT2D eigenvalue weighted by Gasteiger charge is -2.35. The molecule has 1 N–H and O–H groups in total. The molecule has 2 atom stereocenters. The van der Waals surface area contributed by atoms with Gasteiger partial charge in [-0.25, -0.2) is 0 Å². The average molecular weight is 344 g/mol. The van der Waals surface area contributed by atoms with E-state index in [0.717, 1.165) is 24.1 Å². The molecule has 1 aromatic heterocycles. The van der Waals surface area contributed by atoms with Crippen molar-refractivity contribution < 1.29 is 0 Å². The molecule has 0 aromatic carbocycles. The molecule has 20 heavy (non-hydrogen) atoms. The van der Waals surface area contributed by atoms with Crippen LogP contribution in [0.3, 0.4) is 0 Å². The lowest BCUT2D eigenvalue weighted by Crippen LogP contribution is -2.47. The van der Waals surface area contributed by atoms with Crippen LogP contribution in [0, 0.1) is 0 Å². The fraction of sp³-hybridized carbons (Fsp3) is 0.786. The molecule has 1 aliphatic heterocycles. The van der Waals surface area contributed by atoms with Crippen LogP contribution < -0.4 is 5.32 Å². The maximum Gasteiger partial charge on any atom is 0.0708 e. The Morgan fingerprint density at radius 3 is 2.75 bits per heavy atom. The molecule has 6 heteroatoms. The molecule has 2 heterocycles. The average Bonchev–Trinajstić information content (AvgIpc) is 2.63. The molecule has 0 spiro atoms. The molecule has 0 radical (unpaired) electrons. The van der Waals surface area contributed by atoms with E-state index in [-0.39, 0.29) is 6.04 Å². The molecule has 0 amide bonds. The highest BCUT2D eigenvalue weighted by Crippen LogP contribution is 2.28. The smallest absolute Gasteiger partial charge is 0.0708 e. The topological polar surface area (TPSA) is 36.3 Å². The minimum Gasteiger partial charge on any atom is -0.308 e. The summed E-state index contributed by atoms with van der Waals surface area (Å²) < 4.78 is 3.07. The first-order chi connectivity index (χ1) is 9.54. The van der Waals surface area contributed by atoms with Crippen molar-refractivity contribution in [2.45, 2.75) is 25.4 Å². The maximum atomic E-state index is 4.38. The van der Waals surface area contributed by atoms with Crippen LogP contribution in [0.1, 0.15) is 25.1 Å². The van der Waals surface area contributed by atoms with Crippen LogP contribution >= 0.6 is 15.9 Å². The molecule has 2 unspecified atom stereocenters. The van der Waals surface area contributed by atoms with E-state index >= 15 is 0 Å². The van der Waals surface area contributed by atoms with Gasteiger partial charge in [0.25, 0.3) is 0 Å². The predicted molar refractivity (Wildman–Crippen MR) is 85.9 cm³/mol. The number of aryl methyl sites for hydroxylation is 1. The van der Waals surface area contributed by atoms with Crippen LogP contribution in [-0.4, -0.2) is 65.9 Å². The number of nitrogens with zero attached hydrogens (tertiary/aromatic N) is 4. The van der Waals surface area contributed by atoms with Gasteiger partial charge in [0.1, 0.15) is 0 Å². The van der Waals surface area contributed by atoms with Crippen LogP contribution in [-0.2, 0) is 7.05 Å². The Morgan fingerprint density at radius 1 is 1.40 bits per heavy atom. The molecule has 1 aromatic rings. The second-order valence-corrected chi connectivity index (χ2v) is 6.55. The number of aromatic nitrogens is 2. The summed E-state index contributed by atoms with van der Waals surface area (Å²) in [5.41, 5.74) is 1.24. The molecule has 1 saturated heterocycles. The number of nitrogens with one attached hydrogen (secondary N) is 1. The number of hydrogen-bond donors (Lipinski definition) is 1. The molecular formula is C14H26BrN5. The van der Waals surface area contributed by atoms with E-state index in [9.17, 15) is 0 Å². The van der Waals surface area contributed by atoms with Crippen LogP contribution in [0.15, 0.2) is 10.7 Å². The Hall–Kier alpha value is -0.430. The van der Waals surface area contributed by atoms with E-state index in [0.29, 0.717) is 6.04 Å². The fourth-order valence-electron chi connectivity index (χ4n) is 3.07. The Balaban J connectivity index is 2.31. The van der Waals surface area contributed by atoms with Crippen molar-refractivity contribution in [1.29, 1.82) is 0 Å². The van der Waals surface area contributed by atoms with E-state index in [1.165, 1.54) is 18.7 Å². The van der Waals surface area contributed by atoms with Gasteiger partial charge in [0.05, 0.1) is 22.4 Å². The van der Waals surface area contributed by atoms with Crippen molar-refractivity contribution in [1.82, 2.24) is 24.9 Å². The molecule has 0 aliphatic carbocycles. The van der Waals surface area contributed by atoms with E-state index in [4.69, 9.17) is 0 Å². The Morgan fingerprint density at radius 2 is 2.15 bits per heavy atom. The van der Waals surface area contributed by atoms with Gasteiger partial charge in [0, 0.05) is 19.6 Å². The lowest BCUT2D eigenvalue weighted by atomic mass is 10.0. The molecule has 114 valence electrons. The molecule has 1 fully saturated rings. The van der Waals surface area contributed by atoms with Crippen molar-refractivity contribution in [2.24, 2.45) is 7.05 Å². The number of likely N-dealkylation sites (N-methyl/N-ethyl adjacent to an activating group) is 3. The molecule has 0 saturated carbocycles. The summed E-state index contributed by atoms with van der Waals surface area (Å²) in [6.07, 6.45) is 3.12. The summed E-state index contributed by atoms with van der Waals surface area (Å²) in [6, 6.07) is 0.738. The highest BCUT2D eigenvalue weighted by Gasteiger charge is 2.32. The summed E-state index contributed by atoms with van der Waals surface area (Å²) in [4.78, 5) is 4.92. The number of halogens is 1. The zero-order valence-corrected chi connectivity index (χ0v) is 14.5. The number of hydrogen-bond acceptors (Lipinski definition) is 4. The highest BCUT2D eigenvalue weighted by molar-refractivity contribution is 9.10. The van der Waals surface area contributed by atoms with Gasteiger partial charge in [-0.15, -0.1) is 0 Å². The van der Waals surface area contributed by atoms with E-state index in [1.807, 2.05) is 17.9 Å². The van der Waals surface area contributed by atoms with E-state index in [2.05, 4.69) is 57.2 Å². The van der Waals surface area contributed by atoms with Gasteiger partial charge in [-0.05, 0) is 56.1 Å². The summed E-state index contributed by atoms with van der Waals surface area (Å²) in [6.45, 7) is 6.51. The highest BCUT2D eigenvalue weighted by atomic mass is 79.9. The van der Waals surface area contributed by atoms with Crippen molar-refractivity contribution in [3.63, 3.8) is 0 Å². The van der Waals surface area contributed by atoms with Crippen molar-refractivity contribution >= 4 is 15.9 Å². The third kappa shape index (κ3) is 3.42. The molecular weight excluding hydrogens is 318 g/mol. The molecule has 5 nitrogen and oxygen atoms in total. The maximum absolute atomic E-state index is 4.38. The van der Waals surface area contributed by atoms with Gasteiger partial charge >= 0.3 is 0 Å². The lowest BCUT2D eigenvalue weighted by molar-refractivity contribution is 0.175. The van der Waals surface area contributed by atoms with Crippen LogP contribution in [0.4, 0.5) is 0 Å². The first kappa shape index (κ1) is 15.9. The SMILES string of the molecule is CCNC(c1c(Br)cnn1C)C1CN(C)CCCN1C. The minimum atomic E-state index is 0.285. The fourth-order valence-corrected chi connectivity index (χ4v) is 3.67. The van der Waals surface area contributed by atoms with Crippen molar-refractivity contribution in [2.75, 3.05) is 40.3 Å². The third-order valence-electron chi connectivity index (χ3n) is 4.16. The summed E-state index contributed by atoms with van der Waals surface area (Å²) in [7, 11) is 6.47. The van der Waals surface area contributed by atoms with Gasteiger partial charge in [-0.1, -0.05) is 6.92 Å². The molecule has 0 bridgehead atoms. The number of rotatable bonds is 4.